The number of morpholine rings is 1. The van der Waals surface area contributed by atoms with Crippen molar-refractivity contribution >= 4 is 44.3 Å². The van der Waals surface area contributed by atoms with Gasteiger partial charge < -0.3 is 14.4 Å². The lowest BCUT2D eigenvalue weighted by Gasteiger charge is -2.40. The minimum atomic E-state index is -0.171. The van der Waals surface area contributed by atoms with Crippen LogP contribution in [-0.2, 0) is 9.47 Å². The van der Waals surface area contributed by atoms with E-state index >= 15 is 0 Å². The SMILES string of the molecule is Clc1ccc(Br)c2ccc(N3CCOC4(CCOC4)C3)nc12. The van der Waals surface area contributed by atoms with E-state index in [1.54, 1.807) is 0 Å². The van der Waals surface area contributed by atoms with Gasteiger partial charge in [0.15, 0.2) is 0 Å². The molecule has 1 aromatic heterocycles. The number of halogens is 2. The summed E-state index contributed by atoms with van der Waals surface area (Å²) in [5, 5.41) is 1.70. The topological polar surface area (TPSA) is 34.6 Å². The highest BCUT2D eigenvalue weighted by Gasteiger charge is 2.40. The van der Waals surface area contributed by atoms with Crippen LogP contribution in [0.4, 0.5) is 5.82 Å². The van der Waals surface area contributed by atoms with Gasteiger partial charge in [-0.3, -0.25) is 0 Å². The van der Waals surface area contributed by atoms with E-state index in [2.05, 4.69) is 33.0 Å². The third-order valence-electron chi connectivity index (χ3n) is 4.38. The summed E-state index contributed by atoms with van der Waals surface area (Å²) < 4.78 is 12.5. The van der Waals surface area contributed by atoms with Crippen LogP contribution >= 0.6 is 27.5 Å². The van der Waals surface area contributed by atoms with Crippen LogP contribution in [-0.4, -0.2) is 43.5 Å². The smallest absolute Gasteiger partial charge is 0.129 e. The quantitative estimate of drug-likeness (QED) is 0.753. The highest BCUT2D eigenvalue weighted by atomic mass is 79.9. The van der Waals surface area contributed by atoms with Gasteiger partial charge in [-0.05, 0) is 24.3 Å². The second-order valence-corrected chi connectivity index (χ2v) is 7.11. The number of fused-ring (bicyclic) bond motifs is 1. The molecule has 2 saturated heterocycles. The van der Waals surface area contributed by atoms with Crippen LogP contribution in [0.15, 0.2) is 28.7 Å². The Bertz CT molecular complexity index is 719. The van der Waals surface area contributed by atoms with Crippen LogP contribution in [0.2, 0.25) is 5.02 Å². The number of anilines is 1. The molecule has 0 radical (unpaired) electrons. The second kappa shape index (κ2) is 5.64. The molecule has 0 aliphatic carbocycles. The van der Waals surface area contributed by atoms with Gasteiger partial charge in [0, 0.05) is 29.4 Å². The number of hydrogen-bond acceptors (Lipinski definition) is 4. The zero-order valence-electron chi connectivity index (χ0n) is 12.0. The highest BCUT2D eigenvalue weighted by Crippen LogP contribution is 2.33. The molecule has 4 nitrogen and oxygen atoms in total. The maximum absolute atomic E-state index is 6.31. The van der Waals surface area contributed by atoms with Crippen molar-refractivity contribution in [2.45, 2.75) is 12.0 Å². The summed E-state index contributed by atoms with van der Waals surface area (Å²) in [7, 11) is 0. The van der Waals surface area contributed by atoms with Crippen LogP contribution in [0, 0.1) is 0 Å². The zero-order chi connectivity index (χ0) is 15.2. The molecular formula is C16H16BrClN2O2. The number of nitrogens with zero attached hydrogens (tertiary/aromatic N) is 2. The maximum atomic E-state index is 6.31. The summed E-state index contributed by atoms with van der Waals surface area (Å²) in [6, 6.07) is 7.95. The molecule has 4 rings (SSSR count). The number of rotatable bonds is 1. The number of pyridine rings is 1. The first-order valence-electron chi connectivity index (χ1n) is 7.38. The van der Waals surface area contributed by atoms with Crippen LogP contribution in [0.3, 0.4) is 0 Å². The minimum Gasteiger partial charge on any atom is -0.378 e. The molecule has 22 heavy (non-hydrogen) atoms. The van der Waals surface area contributed by atoms with Gasteiger partial charge in [0.2, 0.25) is 0 Å². The van der Waals surface area contributed by atoms with E-state index in [0.29, 0.717) is 18.2 Å². The first-order valence-corrected chi connectivity index (χ1v) is 8.55. The van der Waals surface area contributed by atoms with Crippen LogP contribution in [0.5, 0.6) is 0 Å². The van der Waals surface area contributed by atoms with Crippen molar-refractivity contribution in [2.24, 2.45) is 0 Å². The van der Waals surface area contributed by atoms with Crippen molar-refractivity contribution in [3.8, 4) is 0 Å². The Kier molecular flexibility index (Phi) is 3.77. The molecule has 0 bridgehead atoms. The Morgan fingerprint density at radius 2 is 2.14 bits per heavy atom. The fourth-order valence-electron chi connectivity index (χ4n) is 3.18. The van der Waals surface area contributed by atoms with Gasteiger partial charge in [-0.25, -0.2) is 4.98 Å². The molecule has 3 heterocycles. The molecule has 1 atom stereocenters. The van der Waals surface area contributed by atoms with Crippen molar-refractivity contribution in [1.29, 1.82) is 0 Å². The molecule has 1 unspecified atom stereocenters. The van der Waals surface area contributed by atoms with Crippen molar-refractivity contribution in [3.63, 3.8) is 0 Å². The van der Waals surface area contributed by atoms with E-state index in [0.717, 1.165) is 47.3 Å². The Labute approximate surface area is 142 Å². The van der Waals surface area contributed by atoms with Crippen molar-refractivity contribution in [1.82, 2.24) is 4.98 Å². The van der Waals surface area contributed by atoms with Gasteiger partial charge in [0.1, 0.15) is 11.4 Å². The molecule has 1 spiro atoms. The van der Waals surface area contributed by atoms with Gasteiger partial charge >= 0.3 is 0 Å². The maximum Gasteiger partial charge on any atom is 0.129 e. The monoisotopic (exact) mass is 382 g/mol. The molecule has 2 aliphatic heterocycles. The van der Waals surface area contributed by atoms with Gasteiger partial charge in [-0.15, -0.1) is 0 Å². The van der Waals surface area contributed by atoms with Crippen molar-refractivity contribution in [2.75, 3.05) is 37.8 Å². The molecule has 6 heteroatoms. The van der Waals surface area contributed by atoms with E-state index in [9.17, 15) is 0 Å². The van der Waals surface area contributed by atoms with E-state index in [4.69, 9.17) is 26.1 Å². The summed E-state index contributed by atoms with van der Waals surface area (Å²) in [4.78, 5) is 7.05. The molecular weight excluding hydrogens is 368 g/mol. The number of benzene rings is 1. The summed E-state index contributed by atoms with van der Waals surface area (Å²) in [6.07, 6.45) is 0.948. The summed E-state index contributed by atoms with van der Waals surface area (Å²) in [5.74, 6) is 0.946. The number of ether oxygens (including phenoxy) is 2. The first-order chi connectivity index (χ1) is 10.7. The lowest BCUT2D eigenvalue weighted by molar-refractivity contribution is -0.0581. The van der Waals surface area contributed by atoms with Crippen molar-refractivity contribution < 1.29 is 9.47 Å². The largest absolute Gasteiger partial charge is 0.378 e. The zero-order valence-corrected chi connectivity index (χ0v) is 14.4. The average Bonchev–Trinajstić information content (AvgIpc) is 2.98. The number of aromatic nitrogens is 1. The molecule has 2 fully saturated rings. The first kappa shape index (κ1) is 14.7. The van der Waals surface area contributed by atoms with Gasteiger partial charge in [0.05, 0.1) is 30.3 Å². The highest BCUT2D eigenvalue weighted by molar-refractivity contribution is 9.10. The number of hydrogen-bond donors (Lipinski definition) is 0. The fraction of sp³-hybridized carbons (Fsp3) is 0.438. The van der Waals surface area contributed by atoms with E-state index in [-0.39, 0.29) is 5.60 Å². The molecule has 0 amide bonds. The predicted molar refractivity (Wildman–Crippen MR) is 90.8 cm³/mol. The average molecular weight is 384 g/mol. The van der Waals surface area contributed by atoms with Gasteiger partial charge in [-0.1, -0.05) is 27.5 Å². The van der Waals surface area contributed by atoms with E-state index in [1.165, 1.54) is 0 Å². The van der Waals surface area contributed by atoms with Crippen LogP contribution in [0.25, 0.3) is 10.9 Å². The minimum absolute atomic E-state index is 0.171. The lowest BCUT2D eigenvalue weighted by Crippen LogP contribution is -2.52. The Hall–Kier alpha value is -0.880. The molecule has 1 aromatic carbocycles. The standard InChI is InChI=1S/C16H16BrClN2O2/c17-12-2-3-13(18)15-11(12)1-4-14(19-15)20-6-8-22-16(9-20)5-7-21-10-16/h1-4H,5-10H2. The van der Waals surface area contributed by atoms with Crippen LogP contribution < -0.4 is 4.90 Å². The normalized spacial score (nSPS) is 25.3. The second-order valence-electron chi connectivity index (χ2n) is 5.85. The molecule has 0 saturated carbocycles. The van der Waals surface area contributed by atoms with E-state index in [1.807, 2.05) is 12.1 Å². The fourth-order valence-corrected chi connectivity index (χ4v) is 3.84. The summed E-state index contributed by atoms with van der Waals surface area (Å²) in [6.45, 7) is 3.81. The third kappa shape index (κ3) is 2.50. The molecule has 2 aliphatic rings. The Balaban J connectivity index is 1.70. The predicted octanol–water partition coefficient (Wildman–Crippen LogP) is 3.65. The van der Waals surface area contributed by atoms with Crippen molar-refractivity contribution in [3.05, 3.63) is 33.8 Å². The van der Waals surface area contributed by atoms with E-state index < -0.39 is 0 Å². The molecule has 0 N–H and O–H groups in total. The van der Waals surface area contributed by atoms with Gasteiger partial charge in [-0.2, -0.15) is 0 Å². The third-order valence-corrected chi connectivity index (χ3v) is 5.38. The van der Waals surface area contributed by atoms with Gasteiger partial charge in [0.25, 0.3) is 0 Å². The lowest BCUT2D eigenvalue weighted by atomic mass is 10.0. The summed E-state index contributed by atoms with van der Waals surface area (Å²) in [5.41, 5.74) is 0.660. The molecule has 2 aromatic rings. The van der Waals surface area contributed by atoms with Crippen LogP contribution in [0.1, 0.15) is 6.42 Å². The molecule has 116 valence electrons. The Morgan fingerprint density at radius 3 is 2.95 bits per heavy atom. The summed E-state index contributed by atoms with van der Waals surface area (Å²) >= 11 is 9.87. The Morgan fingerprint density at radius 1 is 1.23 bits per heavy atom.